The summed E-state index contributed by atoms with van der Waals surface area (Å²) in [6.45, 7) is 0. The molecule has 4 nitrogen and oxygen atoms in total. The summed E-state index contributed by atoms with van der Waals surface area (Å²) in [5.74, 6) is 1.51. The predicted molar refractivity (Wildman–Crippen MR) is 238 cm³/mol. The number of fused-ring (bicyclic) bond motifs is 6. The Labute approximate surface area is 330 Å². The minimum absolute atomic E-state index is 0.266. The van der Waals surface area contributed by atoms with E-state index in [1.807, 2.05) is 24.3 Å². The molecule has 0 spiro atoms. The number of nitrogens with zero attached hydrogens (tertiary/aromatic N) is 3. The first-order valence-corrected chi connectivity index (χ1v) is 19.4. The fourth-order valence-electron chi connectivity index (χ4n) is 8.56. The summed E-state index contributed by atoms with van der Waals surface area (Å²) in [6, 6.07) is 73.6. The van der Waals surface area contributed by atoms with Gasteiger partial charge in [-0.15, -0.1) is 0 Å². The average Bonchev–Trinajstić information content (AvgIpc) is 3.64. The summed E-state index contributed by atoms with van der Waals surface area (Å²) in [5.41, 5.74) is 11.3. The van der Waals surface area contributed by atoms with E-state index in [-0.39, 0.29) is 6.17 Å². The van der Waals surface area contributed by atoms with Gasteiger partial charge in [-0.05, 0) is 79.7 Å². The third-order valence-corrected chi connectivity index (χ3v) is 11.2. The van der Waals surface area contributed by atoms with Gasteiger partial charge in [0.1, 0.15) is 12.0 Å². The van der Waals surface area contributed by atoms with Crippen molar-refractivity contribution in [3.8, 4) is 27.9 Å². The van der Waals surface area contributed by atoms with E-state index in [0.717, 1.165) is 39.2 Å². The number of aliphatic imine (C=N–C) groups is 2. The Morgan fingerprint density at radius 1 is 0.421 bits per heavy atom. The summed E-state index contributed by atoms with van der Waals surface area (Å²) in [4.78, 5) is 10.3. The molecule has 1 aliphatic rings. The summed E-state index contributed by atoms with van der Waals surface area (Å²) in [5, 5.41) is 11.0. The van der Waals surface area contributed by atoms with Gasteiger partial charge in [0.15, 0.2) is 5.84 Å². The first-order valence-electron chi connectivity index (χ1n) is 19.4. The summed E-state index contributed by atoms with van der Waals surface area (Å²) in [6.07, 6.45) is -0.266. The molecule has 57 heavy (non-hydrogen) atoms. The number of amidine groups is 2. The topological polar surface area (TPSA) is 41.7 Å². The van der Waals surface area contributed by atoms with Crippen LogP contribution in [0.1, 0.15) is 22.9 Å². The van der Waals surface area contributed by atoms with Crippen LogP contribution in [0.5, 0.6) is 0 Å². The van der Waals surface area contributed by atoms with Crippen molar-refractivity contribution in [3.05, 3.63) is 223 Å². The van der Waals surface area contributed by atoms with E-state index in [9.17, 15) is 0 Å². The Hall–Kier alpha value is -7.56. The van der Waals surface area contributed by atoms with E-state index in [0.29, 0.717) is 5.84 Å². The molecule has 10 aromatic rings. The van der Waals surface area contributed by atoms with Crippen LogP contribution < -0.4 is 5.32 Å². The first kappa shape index (κ1) is 32.8. The number of rotatable bonds is 6. The van der Waals surface area contributed by atoms with Crippen LogP contribution in [0.2, 0.25) is 0 Å². The molecule has 4 heteroatoms. The molecule has 0 bridgehead atoms. The van der Waals surface area contributed by atoms with Gasteiger partial charge in [-0.25, -0.2) is 9.98 Å². The quantitative estimate of drug-likeness (QED) is 0.182. The maximum atomic E-state index is 5.18. The van der Waals surface area contributed by atoms with Gasteiger partial charge in [0.2, 0.25) is 0 Å². The van der Waals surface area contributed by atoms with Crippen LogP contribution >= 0.6 is 0 Å². The maximum absolute atomic E-state index is 5.18. The van der Waals surface area contributed by atoms with Crippen molar-refractivity contribution in [1.29, 1.82) is 0 Å². The third-order valence-electron chi connectivity index (χ3n) is 11.2. The Kier molecular flexibility index (Phi) is 7.85. The highest BCUT2D eigenvalue weighted by atomic mass is 15.2. The zero-order valence-corrected chi connectivity index (χ0v) is 31.0. The average molecular weight is 729 g/mol. The van der Waals surface area contributed by atoms with Gasteiger partial charge in [0.05, 0.1) is 11.0 Å². The first-order chi connectivity index (χ1) is 28.3. The Morgan fingerprint density at radius 2 is 1.04 bits per heavy atom. The summed E-state index contributed by atoms with van der Waals surface area (Å²) in [7, 11) is 0. The highest BCUT2D eigenvalue weighted by molar-refractivity contribution is 6.22. The van der Waals surface area contributed by atoms with Gasteiger partial charge >= 0.3 is 0 Å². The van der Waals surface area contributed by atoms with Crippen molar-refractivity contribution >= 4 is 55.0 Å². The molecule has 9 aromatic carbocycles. The third kappa shape index (κ3) is 5.70. The number of hydrogen-bond acceptors (Lipinski definition) is 3. The molecule has 0 radical (unpaired) electrons. The lowest BCUT2D eigenvalue weighted by Crippen LogP contribution is -2.33. The number of para-hydroxylation sites is 1. The van der Waals surface area contributed by atoms with Gasteiger partial charge < -0.3 is 9.88 Å². The second-order valence-corrected chi connectivity index (χ2v) is 14.6. The Balaban J connectivity index is 1.07. The molecule has 0 aliphatic carbocycles. The van der Waals surface area contributed by atoms with Crippen molar-refractivity contribution in [2.24, 2.45) is 9.98 Å². The molecule has 1 aromatic heterocycles. The van der Waals surface area contributed by atoms with Gasteiger partial charge in [-0.3, -0.25) is 0 Å². The molecule has 2 heterocycles. The predicted octanol–water partition coefficient (Wildman–Crippen LogP) is 12.9. The van der Waals surface area contributed by atoms with Crippen molar-refractivity contribution in [2.45, 2.75) is 6.17 Å². The largest absolute Gasteiger partial charge is 0.344 e. The van der Waals surface area contributed by atoms with E-state index in [1.54, 1.807) is 0 Å². The number of hydrogen-bond donors (Lipinski definition) is 1. The fourth-order valence-corrected chi connectivity index (χ4v) is 8.56. The van der Waals surface area contributed by atoms with Crippen LogP contribution in [0.15, 0.2) is 216 Å². The molecule has 1 atom stereocenters. The summed E-state index contributed by atoms with van der Waals surface area (Å²) >= 11 is 0. The highest BCUT2D eigenvalue weighted by Gasteiger charge is 2.22. The maximum Gasteiger partial charge on any atom is 0.159 e. The molecule has 0 saturated heterocycles. The van der Waals surface area contributed by atoms with Crippen molar-refractivity contribution in [1.82, 2.24) is 9.88 Å². The van der Waals surface area contributed by atoms with Gasteiger partial charge in [-0.1, -0.05) is 176 Å². The fraction of sp³-hybridized carbons (Fsp3) is 0.0189. The van der Waals surface area contributed by atoms with Gasteiger partial charge in [0, 0.05) is 27.6 Å². The lowest BCUT2D eigenvalue weighted by molar-refractivity contribution is 0.674. The number of nitrogens with one attached hydrogen (secondary N) is 1. The van der Waals surface area contributed by atoms with Crippen LogP contribution in [0.3, 0.4) is 0 Å². The molecule has 0 saturated carbocycles. The van der Waals surface area contributed by atoms with Crippen LogP contribution in [-0.4, -0.2) is 16.2 Å². The minimum Gasteiger partial charge on any atom is -0.344 e. The second-order valence-electron chi connectivity index (χ2n) is 14.6. The monoisotopic (exact) mass is 728 g/mol. The number of aromatic nitrogens is 1. The van der Waals surface area contributed by atoms with Crippen LogP contribution in [0.25, 0.3) is 71.3 Å². The standard InChI is InChI=1S/C53H36N4/c1-4-15-35(16-5-1)42-30-31-43(45-24-11-10-23-44(42)45)39-28-27-36-29-32-49-50(47(36)34-39)46-25-12-13-26-48(46)57(49)41-22-14-21-40(33-41)53-55-51(37-17-6-2-7-18-37)54-52(56-53)38-19-8-3-9-20-38/h1-34,51H,(H,54,55,56). The molecule has 1 unspecified atom stereocenters. The normalized spacial score (nSPS) is 14.1. The van der Waals surface area contributed by atoms with Gasteiger partial charge in [-0.2, -0.15) is 0 Å². The van der Waals surface area contributed by atoms with E-state index >= 15 is 0 Å². The van der Waals surface area contributed by atoms with E-state index in [2.05, 4.69) is 192 Å². The molecule has 0 amide bonds. The second kappa shape index (κ2) is 13.6. The molecule has 1 N–H and O–H groups in total. The Morgan fingerprint density at radius 3 is 1.79 bits per heavy atom. The minimum atomic E-state index is -0.266. The van der Waals surface area contributed by atoms with Gasteiger partial charge in [0.25, 0.3) is 0 Å². The zero-order valence-electron chi connectivity index (χ0n) is 31.0. The summed E-state index contributed by atoms with van der Waals surface area (Å²) < 4.78 is 2.39. The molecular formula is C53H36N4. The van der Waals surface area contributed by atoms with Crippen LogP contribution in [0, 0.1) is 0 Å². The van der Waals surface area contributed by atoms with E-state index in [1.165, 1.54) is 54.6 Å². The lowest BCUT2D eigenvalue weighted by Gasteiger charge is -2.23. The zero-order chi connectivity index (χ0) is 37.7. The van der Waals surface area contributed by atoms with Crippen LogP contribution in [-0.2, 0) is 0 Å². The number of benzene rings is 9. The Bertz CT molecular complexity index is 3200. The molecule has 1 aliphatic heterocycles. The van der Waals surface area contributed by atoms with Crippen LogP contribution in [0.4, 0.5) is 0 Å². The smallest absolute Gasteiger partial charge is 0.159 e. The van der Waals surface area contributed by atoms with E-state index < -0.39 is 0 Å². The molecule has 268 valence electrons. The molecular weight excluding hydrogens is 693 g/mol. The van der Waals surface area contributed by atoms with Crippen molar-refractivity contribution < 1.29 is 0 Å². The molecule has 11 rings (SSSR count). The SMILES string of the molecule is c1ccc(C2=NC(c3cccc(-n4c5ccccc5c5c6cc(-c7ccc(-c8ccccc8)c8ccccc78)ccc6ccc54)c3)=NC(c3ccccc3)N2)cc1. The van der Waals surface area contributed by atoms with Crippen molar-refractivity contribution in [3.63, 3.8) is 0 Å². The highest BCUT2D eigenvalue weighted by Crippen LogP contribution is 2.41. The molecule has 0 fully saturated rings. The lowest BCUT2D eigenvalue weighted by atomic mass is 9.91. The van der Waals surface area contributed by atoms with Crippen molar-refractivity contribution in [2.75, 3.05) is 0 Å². The van der Waals surface area contributed by atoms with E-state index in [4.69, 9.17) is 9.98 Å².